The van der Waals surface area contributed by atoms with Gasteiger partial charge < -0.3 is 10.6 Å². The number of thioether (sulfide) groups is 1. The molecular weight excluding hydrogens is 280 g/mol. The minimum absolute atomic E-state index is 0.543. The Hall–Kier alpha value is -1.75. The van der Waals surface area contributed by atoms with Gasteiger partial charge in [-0.2, -0.15) is 0 Å². The van der Waals surface area contributed by atoms with Crippen molar-refractivity contribution in [1.29, 1.82) is 0 Å². The molecule has 1 saturated carbocycles. The van der Waals surface area contributed by atoms with Gasteiger partial charge in [0, 0.05) is 29.1 Å². The molecule has 1 heterocycles. The van der Waals surface area contributed by atoms with E-state index in [1.165, 1.54) is 17.7 Å². The molecule has 110 valence electrons. The lowest BCUT2D eigenvalue weighted by Gasteiger charge is -2.11. The summed E-state index contributed by atoms with van der Waals surface area (Å²) >= 11 is 1.74. The van der Waals surface area contributed by atoms with Crippen LogP contribution in [0.1, 0.15) is 31.5 Å². The second kappa shape index (κ2) is 6.35. The van der Waals surface area contributed by atoms with Crippen LogP contribution in [0.25, 0.3) is 0 Å². The Morgan fingerprint density at radius 3 is 2.71 bits per heavy atom. The predicted molar refractivity (Wildman–Crippen MR) is 89.7 cm³/mol. The van der Waals surface area contributed by atoms with Gasteiger partial charge in [-0.3, -0.25) is 0 Å². The SMILES string of the molecule is CCNc1cc(Nc2cccc(SC)c2)nc(C2CC2)n1. The molecule has 3 rings (SSSR count). The van der Waals surface area contributed by atoms with E-state index in [-0.39, 0.29) is 0 Å². The Labute approximate surface area is 129 Å². The van der Waals surface area contributed by atoms with Gasteiger partial charge in [0.05, 0.1) is 0 Å². The number of benzene rings is 1. The van der Waals surface area contributed by atoms with Crippen molar-refractivity contribution < 1.29 is 0 Å². The lowest BCUT2D eigenvalue weighted by molar-refractivity contribution is 0.927. The lowest BCUT2D eigenvalue weighted by Crippen LogP contribution is -2.05. The van der Waals surface area contributed by atoms with Crippen LogP contribution in [0.15, 0.2) is 35.2 Å². The van der Waals surface area contributed by atoms with Crippen LogP contribution in [0, 0.1) is 0 Å². The van der Waals surface area contributed by atoms with Crippen LogP contribution < -0.4 is 10.6 Å². The van der Waals surface area contributed by atoms with Crippen molar-refractivity contribution in [3.63, 3.8) is 0 Å². The first-order valence-electron chi connectivity index (χ1n) is 7.32. The number of nitrogens with zero attached hydrogens (tertiary/aromatic N) is 2. The molecule has 1 aliphatic rings. The highest BCUT2D eigenvalue weighted by Gasteiger charge is 2.27. The molecule has 1 aromatic carbocycles. The fourth-order valence-corrected chi connectivity index (χ4v) is 2.63. The second-order valence-corrected chi connectivity index (χ2v) is 6.04. The van der Waals surface area contributed by atoms with Gasteiger partial charge in [-0.15, -0.1) is 11.8 Å². The van der Waals surface area contributed by atoms with Crippen molar-refractivity contribution in [2.45, 2.75) is 30.6 Å². The van der Waals surface area contributed by atoms with E-state index in [1.54, 1.807) is 11.8 Å². The third-order valence-corrected chi connectivity index (χ3v) is 4.11. The molecule has 1 fully saturated rings. The maximum Gasteiger partial charge on any atom is 0.136 e. The van der Waals surface area contributed by atoms with Gasteiger partial charge in [0.1, 0.15) is 17.5 Å². The summed E-state index contributed by atoms with van der Waals surface area (Å²) in [6.45, 7) is 2.94. The minimum Gasteiger partial charge on any atom is -0.370 e. The zero-order valence-electron chi connectivity index (χ0n) is 12.4. The van der Waals surface area contributed by atoms with Crippen LogP contribution in [0.5, 0.6) is 0 Å². The quantitative estimate of drug-likeness (QED) is 0.781. The van der Waals surface area contributed by atoms with Gasteiger partial charge in [-0.1, -0.05) is 6.07 Å². The molecule has 0 atom stereocenters. The minimum atomic E-state index is 0.543. The second-order valence-electron chi connectivity index (χ2n) is 5.16. The number of hydrogen-bond donors (Lipinski definition) is 2. The highest BCUT2D eigenvalue weighted by molar-refractivity contribution is 7.98. The molecule has 4 nitrogen and oxygen atoms in total. The zero-order valence-corrected chi connectivity index (χ0v) is 13.2. The molecule has 0 saturated heterocycles. The molecule has 0 bridgehead atoms. The molecule has 0 radical (unpaired) electrons. The number of anilines is 3. The first-order valence-corrected chi connectivity index (χ1v) is 8.55. The van der Waals surface area contributed by atoms with Gasteiger partial charge in [0.25, 0.3) is 0 Å². The number of rotatable bonds is 6. The van der Waals surface area contributed by atoms with Crippen LogP contribution in [0.4, 0.5) is 17.3 Å². The van der Waals surface area contributed by atoms with Crippen LogP contribution in [-0.4, -0.2) is 22.8 Å². The molecule has 0 amide bonds. The summed E-state index contributed by atoms with van der Waals surface area (Å²) in [5.74, 6) is 3.26. The fourth-order valence-electron chi connectivity index (χ4n) is 2.17. The maximum absolute atomic E-state index is 4.66. The zero-order chi connectivity index (χ0) is 14.7. The monoisotopic (exact) mass is 300 g/mol. The summed E-state index contributed by atoms with van der Waals surface area (Å²) in [4.78, 5) is 10.5. The van der Waals surface area contributed by atoms with Crippen molar-refractivity contribution in [2.75, 3.05) is 23.4 Å². The first kappa shape index (κ1) is 14.2. The summed E-state index contributed by atoms with van der Waals surface area (Å²) in [7, 11) is 0. The van der Waals surface area contributed by atoms with Crippen LogP contribution >= 0.6 is 11.8 Å². The average Bonchev–Trinajstić information content (AvgIpc) is 3.32. The van der Waals surface area contributed by atoms with E-state index in [0.29, 0.717) is 5.92 Å². The van der Waals surface area contributed by atoms with Crippen molar-refractivity contribution >= 4 is 29.1 Å². The van der Waals surface area contributed by atoms with Crippen LogP contribution in [0.2, 0.25) is 0 Å². The number of nitrogens with one attached hydrogen (secondary N) is 2. The first-order chi connectivity index (χ1) is 10.3. The smallest absolute Gasteiger partial charge is 0.136 e. The topological polar surface area (TPSA) is 49.8 Å². The Balaban J connectivity index is 1.85. The van der Waals surface area contributed by atoms with Crippen LogP contribution in [-0.2, 0) is 0 Å². The summed E-state index contributed by atoms with van der Waals surface area (Å²) in [5, 5.41) is 6.68. The molecule has 0 unspecified atom stereocenters. The van der Waals surface area contributed by atoms with E-state index in [1.807, 2.05) is 6.07 Å². The Kier molecular flexibility index (Phi) is 4.29. The van der Waals surface area contributed by atoms with Crippen molar-refractivity contribution in [2.24, 2.45) is 0 Å². The molecule has 1 aliphatic carbocycles. The Morgan fingerprint density at radius 1 is 1.19 bits per heavy atom. The van der Waals surface area contributed by atoms with E-state index in [2.05, 4.69) is 58.0 Å². The molecule has 2 N–H and O–H groups in total. The van der Waals surface area contributed by atoms with Gasteiger partial charge in [-0.25, -0.2) is 9.97 Å². The third kappa shape index (κ3) is 3.67. The average molecular weight is 300 g/mol. The largest absolute Gasteiger partial charge is 0.370 e. The molecular formula is C16H20N4S. The van der Waals surface area contributed by atoms with Crippen molar-refractivity contribution in [3.8, 4) is 0 Å². The van der Waals surface area contributed by atoms with Gasteiger partial charge >= 0.3 is 0 Å². The summed E-state index contributed by atoms with van der Waals surface area (Å²) < 4.78 is 0. The lowest BCUT2D eigenvalue weighted by atomic mass is 10.3. The standard InChI is InChI=1S/C16H20N4S/c1-3-17-14-10-15(20-16(19-14)11-7-8-11)18-12-5-4-6-13(9-12)21-2/h4-6,9-11H,3,7-8H2,1-2H3,(H2,17,18,19,20). The maximum atomic E-state index is 4.66. The van der Waals surface area contributed by atoms with Crippen molar-refractivity contribution in [1.82, 2.24) is 9.97 Å². The predicted octanol–water partition coefficient (Wildman–Crippen LogP) is 4.25. The number of hydrogen-bond acceptors (Lipinski definition) is 5. The van der Waals surface area contributed by atoms with Gasteiger partial charge in [-0.05, 0) is 44.2 Å². The van der Waals surface area contributed by atoms with Crippen molar-refractivity contribution in [3.05, 3.63) is 36.2 Å². The Morgan fingerprint density at radius 2 is 2.00 bits per heavy atom. The summed E-state index contributed by atoms with van der Waals surface area (Å²) in [6.07, 6.45) is 4.49. The highest BCUT2D eigenvalue weighted by atomic mass is 32.2. The Bertz CT molecular complexity index is 625. The van der Waals surface area contributed by atoms with E-state index in [4.69, 9.17) is 0 Å². The van der Waals surface area contributed by atoms with Gasteiger partial charge in [0.2, 0.25) is 0 Å². The van der Waals surface area contributed by atoms with E-state index >= 15 is 0 Å². The fraction of sp³-hybridized carbons (Fsp3) is 0.375. The molecule has 0 spiro atoms. The van der Waals surface area contributed by atoms with Gasteiger partial charge in [0.15, 0.2) is 0 Å². The summed E-state index contributed by atoms with van der Waals surface area (Å²) in [5.41, 5.74) is 1.06. The van der Waals surface area contributed by atoms with E-state index in [9.17, 15) is 0 Å². The third-order valence-electron chi connectivity index (χ3n) is 3.39. The highest BCUT2D eigenvalue weighted by Crippen LogP contribution is 2.39. The number of aromatic nitrogens is 2. The molecule has 21 heavy (non-hydrogen) atoms. The normalized spacial score (nSPS) is 14.0. The molecule has 1 aromatic heterocycles. The van der Waals surface area contributed by atoms with Crippen LogP contribution in [0.3, 0.4) is 0 Å². The molecule has 5 heteroatoms. The molecule has 0 aliphatic heterocycles. The van der Waals surface area contributed by atoms with E-state index < -0.39 is 0 Å². The summed E-state index contributed by atoms with van der Waals surface area (Å²) in [6, 6.07) is 10.3. The van der Waals surface area contributed by atoms with E-state index in [0.717, 1.165) is 29.7 Å². The molecule has 2 aromatic rings.